The van der Waals surface area contributed by atoms with E-state index in [1.165, 1.54) is 11.6 Å². The van der Waals surface area contributed by atoms with Crippen LogP contribution in [0.2, 0.25) is 0 Å². The predicted octanol–water partition coefficient (Wildman–Crippen LogP) is 7.29. The summed E-state index contributed by atoms with van der Waals surface area (Å²) in [6.07, 6.45) is 3.95. The number of benzene rings is 2. The molecule has 1 saturated carbocycles. The van der Waals surface area contributed by atoms with Crippen molar-refractivity contribution in [2.75, 3.05) is 19.7 Å². The molecule has 1 aliphatic carbocycles. The molecule has 7 nitrogen and oxygen atoms in total. The summed E-state index contributed by atoms with van der Waals surface area (Å²) in [5.74, 6) is -1.42. The molecule has 250 valence electrons. The number of carbonyl (C=O) groups is 2. The van der Waals surface area contributed by atoms with E-state index >= 15 is 0 Å². The number of ether oxygens (including phenoxy) is 3. The van der Waals surface area contributed by atoms with Crippen molar-refractivity contribution in [1.29, 1.82) is 0 Å². The summed E-state index contributed by atoms with van der Waals surface area (Å²) in [5.41, 5.74) is 2.82. The maximum atomic E-state index is 14.1. The summed E-state index contributed by atoms with van der Waals surface area (Å²) >= 11 is 0. The highest BCUT2D eigenvalue weighted by atomic mass is 19.3. The van der Waals surface area contributed by atoms with Crippen molar-refractivity contribution in [3.05, 3.63) is 88.3 Å². The normalized spacial score (nSPS) is 21.8. The summed E-state index contributed by atoms with van der Waals surface area (Å²) in [5, 5.41) is 6.54. The number of hydrogen-bond acceptors (Lipinski definition) is 7. The van der Waals surface area contributed by atoms with E-state index in [-0.39, 0.29) is 41.1 Å². The van der Waals surface area contributed by atoms with Crippen LogP contribution in [0.5, 0.6) is 5.75 Å². The lowest BCUT2D eigenvalue weighted by molar-refractivity contribution is -0.151. The molecule has 0 amide bonds. The monoisotopic (exact) mass is 638 g/mol. The quantitative estimate of drug-likeness (QED) is 0.166. The first kappa shape index (κ1) is 35.1. The van der Waals surface area contributed by atoms with Crippen LogP contribution in [0.1, 0.15) is 77.3 Å². The Labute approximate surface area is 271 Å². The van der Waals surface area contributed by atoms with Gasteiger partial charge in [0.1, 0.15) is 11.9 Å². The molecule has 0 radical (unpaired) electrons. The van der Waals surface area contributed by atoms with Crippen LogP contribution in [0.15, 0.2) is 77.1 Å². The Morgan fingerprint density at radius 1 is 0.935 bits per heavy atom. The second-order valence-corrected chi connectivity index (χ2v) is 12.8. The maximum Gasteiger partial charge on any atom is 0.387 e. The Balaban J connectivity index is 1.54. The lowest BCUT2D eigenvalue weighted by Crippen LogP contribution is -2.38. The van der Waals surface area contributed by atoms with Crippen LogP contribution in [-0.4, -0.2) is 44.4 Å². The molecule has 2 aromatic rings. The van der Waals surface area contributed by atoms with Gasteiger partial charge in [0.15, 0.2) is 0 Å². The van der Waals surface area contributed by atoms with E-state index in [0.717, 1.165) is 32.2 Å². The van der Waals surface area contributed by atoms with Gasteiger partial charge >= 0.3 is 18.6 Å². The van der Waals surface area contributed by atoms with Gasteiger partial charge in [0.2, 0.25) is 0 Å². The summed E-state index contributed by atoms with van der Waals surface area (Å²) in [6, 6.07) is 16.4. The van der Waals surface area contributed by atoms with Crippen LogP contribution in [0.3, 0.4) is 0 Å². The fourth-order valence-corrected chi connectivity index (χ4v) is 6.66. The summed E-state index contributed by atoms with van der Waals surface area (Å²) in [6.45, 7) is 8.37. The molecule has 1 fully saturated rings. The van der Waals surface area contributed by atoms with E-state index in [1.54, 1.807) is 32.0 Å². The molecule has 2 aliphatic rings. The summed E-state index contributed by atoms with van der Waals surface area (Å²) in [7, 11) is 0. The molecule has 9 heteroatoms. The lowest BCUT2D eigenvalue weighted by atomic mass is 9.75. The second kappa shape index (κ2) is 16.7. The third-order valence-electron chi connectivity index (χ3n) is 9.03. The van der Waals surface area contributed by atoms with E-state index in [1.807, 2.05) is 18.2 Å². The molecule has 0 aromatic heterocycles. The SMILES string of the molecule is CC1=C(C(=O)OCCCNCCc2ccccc2)C(c2ccccc2OC(F)F)C(C(=O)OC2CC(C)CCC2C(C)C)=C(C)N1. The average Bonchev–Trinajstić information content (AvgIpc) is 3.00. The zero-order chi connectivity index (χ0) is 33.2. The molecule has 1 aliphatic heterocycles. The number of carbonyl (C=O) groups excluding carboxylic acids is 2. The molecule has 0 saturated heterocycles. The highest BCUT2D eigenvalue weighted by Gasteiger charge is 2.42. The molecule has 4 rings (SSSR count). The van der Waals surface area contributed by atoms with Crippen molar-refractivity contribution >= 4 is 11.9 Å². The average molecular weight is 639 g/mol. The number of nitrogens with one attached hydrogen (secondary N) is 2. The number of hydrogen-bond donors (Lipinski definition) is 2. The van der Waals surface area contributed by atoms with Gasteiger partial charge in [-0.3, -0.25) is 0 Å². The highest BCUT2D eigenvalue weighted by molar-refractivity contribution is 6.00. The highest BCUT2D eigenvalue weighted by Crippen LogP contribution is 2.44. The van der Waals surface area contributed by atoms with E-state index in [0.29, 0.717) is 36.2 Å². The van der Waals surface area contributed by atoms with Gasteiger partial charge in [-0.25, -0.2) is 9.59 Å². The van der Waals surface area contributed by atoms with Crippen molar-refractivity contribution in [3.63, 3.8) is 0 Å². The van der Waals surface area contributed by atoms with Gasteiger partial charge in [0.25, 0.3) is 0 Å². The zero-order valence-corrected chi connectivity index (χ0v) is 27.6. The minimum absolute atomic E-state index is 0.116. The van der Waals surface area contributed by atoms with E-state index in [4.69, 9.17) is 14.2 Å². The van der Waals surface area contributed by atoms with Gasteiger partial charge in [-0.2, -0.15) is 8.78 Å². The van der Waals surface area contributed by atoms with Crippen molar-refractivity contribution < 1.29 is 32.6 Å². The molecule has 0 spiro atoms. The van der Waals surface area contributed by atoms with Crippen LogP contribution in [-0.2, 0) is 25.5 Å². The molecular formula is C37H48F2N2O5. The third kappa shape index (κ3) is 9.18. The van der Waals surface area contributed by atoms with Crippen molar-refractivity contribution in [2.45, 2.75) is 85.4 Å². The number of allylic oxidation sites excluding steroid dienone is 2. The summed E-state index contributed by atoms with van der Waals surface area (Å²) < 4.78 is 43.9. The summed E-state index contributed by atoms with van der Waals surface area (Å²) in [4.78, 5) is 27.9. The van der Waals surface area contributed by atoms with E-state index in [2.05, 4.69) is 43.5 Å². The first-order valence-corrected chi connectivity index (χ1v) is 16.4. The fourth-order valence-electron chi connectivity index (χ4n) is 6.66. The van der Waals surface area contributed by atoms with Crippen LogP contribution in [0.25, 0.3) is 0 Å². The van der Waals surface area contributed by atoms with Gasteiger partial charge in [-0.15, -0.1) is 0 Å². The van der Waals surface area contributed by atoms with Crippen molar-refractivity contribution in [2.24, 2.45) is 17.8 Å². The predicted molar refractivity (Wildman–Crippen MR) is 174 cm³/mol. The van der Waals surface area contributed by atoms with Gasteiger partial charge in [0.05, 0.1) is 23.7 Å². The van der Waals surface area contributed by atoms with Gasteiger partial charge < -0.3 is 24.8 Å². The van der Waals surface area contributed by atoms with Crippen LogP contribution in [0, 0.1) is 17.8 Å². The van der Waals surface area contributed by atoms with Gasteiger partial charge in [0, 0.05) is 17.0 Å². The first-order valence-electron chi connectivity index (χ1n) is 16.4. The van der Waals surface area contributed by atoms with Crippen LogP contribution >= 0.6 is 0 Å². The molecule has 46 heavy (non-hydrogen) atoms. The lowest BCUT2D eigenvalue weighted by Gasteiger charge is -2.38. The number of dihydropyridines is 1. The Hall–Kier alpha value is -3.72. The fraction of sp³-hybridized carbons (Fsp3) is 0.514. The number of esters is 2. The molecule has 4 unspecified atom stereocenters. The molecule has 2 aromatic carbocycles. The largest absolute Gasteiger partial charge is 0.462 e. The van der Waals surface area contributed by atoms with Crippen molar-refractivity contribution in [1.82, 2.24) is 10.6 Å². The molecule has 1 heterocycles. The van der Waals surface area contributed by atoms with E-state index < -0.39 is 24.5 Å². The van der Waals surface area contributed by atoms with Crippen LogP contribution < -0.4 is 15.4 Å². The van der Waals surface area contributed by atoms with E-state index in [9.17, 15) is 18.4 Å². The number of halogens is 2. The van der Waals surface area contributed by atoms with Gasteiger partial charge in [-0.05, 0) is 82.0 Å². The second-order valence-electron chi connectivity index (χ2n) is 12.8. The third-order valence-corrected chi connectivity index (χ3v) is 9.03. The first-order chi connectivity index (χ1) is 22.1. The molecule has 0 bridgehead atoms. The number of para-hydroxylation sites is 1. The molecule has 4 atom stereocenters. The minimum Gasteiger partial charge on any atom is -0.462 e. The van der Waals surface area contributed by atoms with Crippen molar-refractivity contribution in [3.8, 4) is 5.75 Å². The Morgan fingerprint density at radius 3 is 2.30 bits per heavy atom. The Morgan fingerprint density at radius 2 is 1.61 bits per heavy atom. The number of rotatable bonds is 14. The maximum absolute atomic E-state index is 14.1. The minimum atomic E-state index is -3.09. The number of alkyl halides is 2. The zero-order valence-electron chi connectivity index (χ0n) is 27.6. The van der Waals surface area contributed by atoms with Gasteiger partial charge in [-0.1, -0.05) is 75.7 Å². The smallest absolute Gasteiger partial charge is 0.387 e. The topological polar surface area (TPSA) is 85.9 Å². The molecule has 2 N–H and O–H groups in total. The van der Waals surface area contributed by atoms with Crippen LogP contribution in [0.4, 0.5) is 8.78 Å². The standard InChI is InChI=1S/C37H48F2N2O5/c1-23(2)28-17-16-24(3)22-31(28)45-36(43)33-26(5)41-25(4)32(34(33)29-14-9-10-15-30(29)46-37(38)39)35(42)44-21-11-19-40-20-18-27-12-7-6-8-13-27/h6-10,12-15,23-24,28,31,34,37,40-41H,11,16-22H2,1-5H3. The Kier molecular flexibility index (Phi) is 12.8. The molecular weight excluding hydrogens is 590 g/mol. The Bertz CT molecular complexity index is 1390.